The van der Waals surface area contributed by atoms with E-state index in [2.05, 4.69) is 39.1 Å². The van der Waals surface area contributed by atoms with Gasteiger partial charge in [-0.1, -0.05) is 48.5 Å². The summed E-state index contributed by atoms with van der Waals surface area (Å²) in [6.45, 7) is 4.13. The first-order chi connectivity index (χ1) is 14.2. The number of carbonyl (C=O) groups excluding carboxylic acids is 1. The van der Waals surface area contributed by atoms with Crippen molar-refractivity contribution in [3.8, 4) is 0 Å². The Morgan fingerprint density at radius 1 is 0.931 bits per heavy atom. The number of amides is 1. The lowest BCUT2D eigenvalue weighted by Gasteiger charge is -2.28. The average Bonchev–Trinajstić information content (AvgIpc) is 2.78. The molecular weight excluding hydrogens is 360 g/mol. The molecule has 148 valence electrons. The zero-order valence-electron chi connectivity index (χ0n) is 16.8. The quantitative estimate of drug-likeness (QED) is 0.635. The summed E-state index contributed by atoms with van der Waals surface area (Å²) in [5.74, 6) is 1.36. The second-order valence-corrected chi connectivity index (χ2v) is 7.42. The summed E-state index contributed by atoms with van der Waals surface area (Å²) < 4.78 is 0. The lowest BCUT2D eigenvalue weighted by molar-refractivity contribution is 0.0718. The van der Waals surface area contributed by atoms with Gasteiger partial charge in [0.25, 0.3) is 5.91 Å². The Labute approximate surface area is 172 Å². The number of nitrogens with zero attached hydrogens (tertiary/aromatic N) is 4. The van der Waals surface area contributed by atoms with Gasteiger partial charge in [-0.25, -0.2) is 9.97 Å². The van der Waals surface area contributed by atoms with Crippen LogP contribution in [0.25, 0.3) is 0 Å². The van der Waals surface area contributed by atoms with E-state index < -0.39 is 0 Å². The molecule has 5 heteroatoms. The number of likely N-dealkylation sites (tertiary alicyclic amines) is 1. The van der Waals surface area contributed by atoms with Gasteiger partial charge < -0.3 is 9.80 Å². The number of aryl methyl sites for hydroxylation is 1. The van der Waals surface area contributed by atoms with Crippen molar-refractivity contribution in [1.82, 2.24) is 14.9 Å². The van der Waals surface area contributed by atoms with Crippen LogP contribution < -0.4 is 4.90 Å². The largest absolute Gasteiger partial charge is 0.337 e. The van der Waals surface area contributed by atoms with Crippen molar-refractivity contribution in [2.24, 2.45) is 0 Å². The third-order valence-corrected chi connectivity index (χ3v) is 5.21. The van der Waals surface area contributed by atoms with Crippen LogP contribution in [0.15, 0.2) is 66.7 Å². The molecule has 1 saturated heterocycles. The molecular formula is C24H26N4O. The molecule has 4 rings (SSSR count). The number of anilines is 2. The normalized spacial score (nSPS) is 13.9. The molecule has 1 fully saturated rings. The van der Waals surface area contributed by atoms with E-state index in [-0.39, 0.29) is 5.91 Å². The Hall–Kier alpha value is -3.21. The van der Waals surface area contributed by atoms with Crippen LogP contribution in [0.2, 0.25) is 0 Å². The van der Waals surface area contributed by atoms with Crippen molar-refractivity contribution < 1.29 is 4.79 Å². The predicted molar refractivity (Wildman–Crippen MR) is 115 cm³/mol. The molecule has 5 nitrogen and oxygen atoms in total. The number of hydrogen-bond acceptors (Lipinski definition) is 4. The minimum atomic E-state index is 0.00386. The molecule has 0 aliphatic carbocycles. The number of aromatic nitrogens is 2. The van der Waals surface area contributed by atoms with E-state index in [4.69, 9.17) is 0 Å². The molecule has 1 aromatic heterocycles. The summed E-state index contributed by atoms with van der Waals surface area (Å²) in [6.07, 6.45) is 3.32. The Morgan fingerprint density at radius 3 is 2.28 bits per heavy atom. The van der Waals surface area contributed by atoms with Crippen molar-refractivity contribution in [2.75, 3.05) is 18.0 Å². The highest BCUT2D eigenvalue weighted by Gasteiger charge is 2.22. The van der Waals surface area contributed by atoms with Crippen LogP contribution in [-0.2, 0) is 6.54 Å². The summed E-state index contributed by atoms with van der Waals surface area (Å²) >= 11 is 0. The van der Waals surface area contributed by atoms with E-state index in [9.17, 15) is 4.79 Å². The van der Waals surface area contributed by atoms with Crippen LogP contribution in [0.4, 0.5) is 11.5 Å². The van der Waals surface area contributed by atoms with Crippen molar-refractivity contribution in [2.45, 2.75) is 32.7 Å². The van der Waals surface area contributed by atoms with Crippen LogP contribution >= 0.6 is 0 Å². The fourth-order valence-electron chi connectivity index (χ4n) is 3.74. The lowest BCUT2D eigenvalue weighted by Crippen LogP contribution is -2.36. The molecule has 2 aromatic carbocycles. The molecule has 0 saturated carbocycles. The van der Waals surface area contributed by atoms with Crippen molar-refractivity contribution in [3.63, 3.8) is 0 Å². The molecule has 3 aromatic rings. The minimum Gasteiger partial charge on any atom is -0.337 e. The summed E-state index contributed by atoms with van der Waals surface area (Å²) in [4.78, 5) is 26.2. The molecule has 1 aliphatic heterocycles. The van der Waals surface area contributed by atoms with E-state index in [1.807, 2.05) is 54.3 Å². The fraction of sp³-hybridized carbons (Fsp3) is 0.292. The van der Waals surface area contributed by atoms with Gasteiger partial charge in [-0.15, -0.1) is 0 Å². The maximum absolute atomic E-state index is 13.0. The summed E-state index contributed by atoms with van der Waals surface area (Å²) in [6, 6.07) is 22.3. The molecule has 0 radical (unpaired) electrons. The van der Waals surface area contributed by atoms with E-state index in [0.29, 0.717) is 18.1 Å². The van der Waals surface area contributed by atoms with Crippen molar-refractivity contribution >= 4 is 17.4 Å². The van der Waals surface area contributed by atoms with E-state index in [1.54, 1.807) is 0 Å². The molecule has 1 amide bonds. The Bertz CT molecular complexity index is 953. The number of benzene rings is 2. The van der Waals surface area contributed by atoms with E-state index >= 15 is 0 Å². The number of piperidine rings is 1. The zero-order chi connectivity index (χ0) is 20.1. The van der Waals surface area contributed by atoms with Gasteiger partial charge in [-0.05, 0) is 43.9 Å². The molecule has 1 aliphatic rings. The third-order valence-electron chi connectivity index (χ3n) is 5.21. The third kappa shape index (κ3) is 4.62. The van der Waals surface area contributed by atoms with Gasteiger partial charge in [0.05, 0.1) is 0 Å². The SMILES string of the molecule is Cc1nc(C(=O)N2CCCCC2)cc(N(Cc2ccccc2)c2ccccc2)n1. The second-order valence-electron chi connectivity index (χ2n) is 7.42. The van der Waals surface area contributed by atoms with E-state index in [1.165, 1.54) is 12.0 Å². The molecule has 0 bridgehead atoms. The van der Waals surface area contributed by atoms with Gasteiger partial charge in [0.15, 0.2) is 0 Å². The van der Waals surface area contributed by atoms with Crippen LogP contribution in [0.5, 0.6) is 0 Å². The highest BCUT2D eigenvalue weighted by Crippen LogP contribution is 2.27. The molecule has 0 atom stereocenters. The maximum atomic E-state index is 13.0. The Kier molecular flexibility index (Phi) is 5.84. The fourth-order valence-corrected chi connectivity index (χ4v) is 3.74. The molecule has 0 spiro atoms. The number of carbonyl (C=O) groups is 1. The zero-order valence-corrected chi connectivity index (χ0v) is 16.8. The van der Waals surface area contributed by atoms with Crippen LogP contribution in [0.3, 0.4) is 0 Å². The summed E-state index contributed by atoms with van der Waals surface area (Å²) in [7, 11) is 0. The Morgan fingerprint density at radius 2 is 1.59 bits per heavy atom. The molecule has 2 heterocycles. The van der Waals surface area contributed by atoms with Gasteiger partial charge >= 0.3 is 0 Å². The number of hydrogen-bond donors (Lipinski definition) is 0. The molecule has 0 N–H and O–H groups in total. The first-order valence-electron chi connectivity index (χ1n) is 10.2. The van der Waals surface area contributed by atoms with Gasteiger partial charge in [-0.3, -0.25) is 4.79 Å². The van der Waals surface area contributed by atoms with Gasteiger partial charge in [0.1, 0.15) is 17.3 Å². The Balaban J connectivity index is 1.70. The van der Waals surface area contributed by atoms with Gasteiger partial charge in [-0.2, -0.15) is 0 Å². The standard InChI is InChI=1S/C24H26N4O/c1-19-25-22(24(29)27-15-9-4-10-16-27)17-23(26-19)28(21-13-7-3-8-14-21)18-20-11-5-2-6-12-20/h2-3,5-8,11-14,17H,4,9-10,15-16,18H2,1H3. The first-order valence-corrected chi connectivity index (χ1v) is 10.2. The number of para-hydroxylation sites is 1. The van der Waals surface area contributed by atoms with Gasteiger partial charge in [0.2, 0.25) is 0 Å². The van der Waals surface area contributed by atoms with Crippen LogP contribution in [-0.4, -0.2) is 33.9 Å². The van der Waals surface area contributed by atoms with Crippen molar-refractivity contribution in [1.29, 1.82) is 0 Å². The monoisotopic (exact) mass is 386 g/mol. The van der Waals surface area contributed by atoms with E-state index in [0.717, 1.165) is 37.4 Å². The second kappa shape index (κ2) is 8.86. The molecule has 29 heavy (non-hydrogen) atoms. The highest BCUT2D eigenvalue weighted by molar-refractivity contribution is 5.93. The molecule has 0 unspecified atom stereocenters. The van der Waals surface area contributed by atoms with Gasteiger partial charge in [0, 0.05) is 31.4 Å². The lowest BCUT2D eigenvalue weighted by atomic mass is 10.1. The highest BCUT2D eigenvalue weighted by atomic mass is 16.2. The smallest absolute Gasteiger partial charge is 0.272 e. The minimum absolute atomic E-state index is 0.00386. The van der Waals surface area contributed by atoms with Crippen LogP contribution in [0, 0.1) is 6.92 Å². The predicted octanol–water partition coefficient (Wildman–Crippen LogP) is 4.75. The van der Waals surface area contributed by atoms with Crippen LogP contribution in [0.1, 0.15) is 41.1 Å². The summed E-state index contributed by atoms with van der Waals surface area (Å²) in [5.41, 5.74) is 2.69. The number of rotatable bonds is 5. The maximum Gasteiger partial charge on any atom is 0.272 e. The average molecular weight is 386 g/mol. The summed E-state index contributed by atoms with van der Waals surface area (Å²) in [5, 5.41) is 0. The first kappa shape index (κ1) is 19.1. The van der Waals surface area contributed by atoms with Crippen molar-refractivity contribution in [3.05, 3.63) is 83.8 Å². The topological polar surface area (TPSA) is 49.3 Å².